The summed E-state index contributed by atoms with van der Waals surface area (Å²) in [6.07, 6.45) is 2.28. The molecule has 2 N–H and O–H groups in total. The molecule has 1 aromatic carbocycles. The van der Waals surface area contributed by atoms with Gasteiger partial charge in [0.05, 0.1) is 11.1 Å². The molecule has 8 heteroatoms. The maximum atomic E-state index is 13.2. The summed E-state index contributed by atoms with van der Waals surface area (Å²) >= 11 is 7.29. The predicted molar refractivity (Wildman–Crippen MR) is 101 cm³/mol. The third-order valence-electron chi connectivity index (χ3n) is 4.35. The van der Waals surface area contributed by atoms with Gasteiger partial charge in [-0.05, 0) is 66.5 Å². The first-order valence-corrected chi connectivity index (χ1v) is 9.67. The van der Waals surface area contributed by atoms with E-state index in [0.717, 1.165) is 37.6 Å². The lowest BCUT2D eigenvalue weighted by Crippen LogP contribution is -2.41. The van der Waals surface area contributed by atoms with Crippen LogP contribution in [0.4, 0.5) is 10.1 Å². The third kappa shape index (κ3) is 4.60. The van der Waals surface area contributed by atoms with Gasteiger partial charge in [-0.2, -0.15) is 11.3 Å². The maximum Gasteiger partial charge on any atom is 0.313 e. The van der Waals surface area contributed by atoms with Gasteiger partial charge in [-0.15, -0.1) is 0 Å². The van der Waals surface area contributed by atoms with Crippen LogP contribution in [0.1, 0.15) is 24.4 Å². The highest BCUT2D eigenvalue weighted by Gasteiger charge is 2.25. The van der Waals surface area contributed by atoms with Crippen molar-refractivity contribution in [2.45, 2.75) is 18.9 Å². The Morgan fingerprint density at radius 2 is 2.00 bits per heavy atom. The van der Waals surface area contributed by atoms with Crippen LogP contribution in [0.25, 0.3) is 0 Å². The van der Waals surface area contributed by atoms with Crippen molar-refractivity contribution in [1.29, 1.82) is 0 Å². The smallest absolute Gasteiger partial charge is 0.313 e. The summed E-state index contributed by atoms with van der Waals surface area (Å²) in [6.45, 7) is 2.32. The summed E-state index contributed by atoms with van der Waals surface area (Å²) in [6, 6.07) is 5.85. The van der Waals surface area contributed by atoms with Gasteiger partial charge in [-0.3, -0.25) is 14.5 Å². The van der Waals surface area contributed by atoms with E-state index in [-0.39, 0.29) is 16.8 Å². The fraction of sp³-hybridized carbons (Fsp3) is 0.333. The van der Waals surface area contributed by atoms with Crippen LogP contribution < -0.4 is 10.6 Å². The fourth-order valence-electron chi connectivity index (χ4n) is 3.01. The Labute approximate surface area is 160 Å². The molecule has 0 saturated carbocycles. The molecule has 1 atom stereocenters. The quantitative estimate of drug-likeness (QED) is 0.762. The molecule has 0 bridgehead atoms. The van der Waals surface area contributed by atoms with Crippen molar-refractivity contribution in [3.8, 4) is 0 Å². The molecule has 138 valence electrons. The van der Waals surface area contributed by atoms with Crippen LogP contribution in [0.2, 0.25) is 5.02 Å². The van der Waals surface area contributed by atoms with E-state index in [9.17, 15) is 14.0 Å². The zero-order valence-electron chi connectivity index (χ0n) is 14.0. The summed E-state index contributed by atoms with van der Waals surface area (Å²) in [4.78, 5) is 26.5. The number of rotatable bonds is 5. The molecular weight excluding hydrogens is 377 g/mol. The second-order valence-electron chi connectivity index (χ2n) is 6.11. The SMILES string of the molecule is O=C(NC[C@H](c1ccsc1)N1CCCC1)C(=O)Nc1ccc(F)c(Cl)c1. The van der Waals surface area contributed by atoms with Gasteiger partial charge >= 0.3 is 11.8 Å². The normalized spacial score (nSPS) is 15.6. The number of nitrogens with one attached hydrogen (secondary N) is 2. The topological polar surface area (TPSA) is 61.4 Å². The fourth-order valence-corrected chi connectivity index (χ4v) is 3.89. The maximum absolute atomic E-state index is 13.2. The molecule has 2 heterocycles. The van der Waals surface area contributed by atoms with E-state index in [4.69, 9.17) is 11.6 Å². The van der Waals surface area contributed by atoms with Crippen molar-refractivity contribution >= 4 is 40.4 Å². The van der Waals surface area contributed by atoms with Gasteiger partial charge in [0.2, 0.25) is 0 Å². The Balaban J connectivity index is 1.58. The summed E-state index contributed by atoms with van der Waals surface area (Å²) in [5.41, 5.74) is 1.41. The lowest BCUT2D eigenvalue weighted by Gasteiger charge is -2.27. The average molecular weight is 396 g/mol. The second-order valence-corrected chi connectivity index (χ2v) is 7.30. The number of hydrogen-bond donors (Lipinski definition) is 2. The van der Waals surface area contributed by atoms with Gasteiger partial charge in [0, 0.05) is 12.2 Å². The molecule has 5 nitrogen and oxygen atoms in total. The van der Waals surface area contributed by atoms with Gasteiger partial charge < -0.3 is 10.6 Å². The van der Waals surface area contributed by atoms with E-state index >= 15 is 0 Å². The molecule has 0 aliphatic carbocycles. The summed E-state index contributed by atoms with van der Waals surface area (Å²) < 4.78 is 13.2. The van der Waals surface area contributed by atoms with E-state index in [2.05, 4.69) is 20.9 Å². The van der Waals surface area contributed by atoms with Crippen molar-refractivity contribution in [2.24, 2.45) is 0 Å². The molecule has 0 spiro atoms. The number of hydrogen-bond acceptors (Lipinski definition) is 4. The van der Waals surface area contributed by atoms with Crippen molar-refractivity contribution in [3.63, 3.8) is 0 Å². The molecular formula is C18H19ClFN3O2S. The highest BCUT2D eigenvalue weighted by Crippen LogP contribution is 2.26. The molecule has 3 rings (SSSR count). The first-order valence-electron chi connectivity index (χ1n) is 8.35. The molecule has 1 saturated heterocycles. The van der Waals surface area contributed by atoms with Crippen LogP contribution in [0.5, 0.6) is 0 Å². The van der Waals surface area contributed by atoms with Crippen molar-refractivity contribution in [2.75, 3.05) is 25.0 Å². The summed E-state index contributed by atoms with van der Waals surface area (Å²) in [5, 5.41) is 9.08. The monoisotopic (exact) mass is 395 g/mol. The number of nitrogens with zero attached hydrogens (tertiary/aromatic N) is 1. The van der Waals surface area contributed by atoms with Gasteiger partial charge in [0.1, 0.15) is 5.82 Å². The summed E-state index contributed by atoms with van der Waals surface area (Å²) in [7, 11) is 0. The van der Waals surface area contributed by atoms with Crippen LogP contribution >= 0.6 is 22.9 Å². The number of anilines is 1. The van der Waals surface area contributed by atoms with E-state index < -0.39 is 17.6 Å². The molecule has 1 fully saturated rings. The molecule has 1 aromatic heterocycles. The van der Waals surface area contributed by atoms with E-state index in [1.807, 2.05) is 11.4 Å². The number of amides is 2. The number of halogens is 2. The molecule has 2 aromatic rings. The minimum absolute atomic E-state index is 0.0563. The van der Waals surface area contributed by atoms with E-state index in [0.29, 0.717) is 6.54 Å². The number of thiophene rings is 1. The lowest BCUT2D eigenvalue weighted by molar-refractivity contribution is -0.136. The summed E-state index contributed by atoms with van der Waals surface area (Å²) in [5.74, 6) is -2.12. The van der Waals surface area contributed by atoms with Crippen molar-refractivity contribution in [1.82, 2.24) is 10.2 Å². The second kappa shape index (κ2) is 8.62. The van der Waals surface area contributed by atoms with Crippen molar-refractivity contribution in [3.05, 3.63) is 51.4 Å². The van der Waals surface area contributed by atoms with Crippen LogP contribution in [-0.4, -0.2) is 36.3 Å². The molecule has 0 radical (unpaired) electrons. The number of carbonyl (C=O) groups excluding carboxylic acids is 2. The lowest BCUT2D eigenvalue weighted by atomic mass is 10.1. The zero-order chi connectivity index (χ0) is 18.5. The minimum atomic E-state index is -0.807. The van der Waals surface area contributed by atoms with Crippen LogP contribution in [0, 0.1) is 5.82 Å². The molecule has 26 heavy (non-hydrogen) atoms. The van der Waals surface area contributed by atoms with Gasteiger partial charge in [0.25, 0.3) is 0 Å². The molecule has 0 unspecified atom stereocenters. The Hall–Kier alpha value is -1.96. The largest absolute Gasteiger partial charge is 0.346 e. The Morgan fingerprint density at radius 3 is 2.65 bits per heavy atom. The highest BCUT2D eigenvalue weighted by atomic mass is 35.5. The highest BCUT2D eigenvalue weighted by molar-refractivity contribution is 7.08. The molecule has 1 aliphatic rings. The molecule has 2 amide bonds. The van der Waals surface area contributed by atoms with E-state index in [1.54, 1.807) is 11.3 Å². The zero-order valence-corrected chi connectivity index (χ0v) is 15.6. The van der Waals surface area contributed by atoms with E-state index in [1.165, 1.54) is 12.1 Å². The van der Waals surface area contributed by atoms with Gasteiger partial charge in [-0.1, -0.05) is 11.6 Å². The van der Waals surface area contributed by atoms with Crippen LogP contribution in [0.3, 0.4) is 0 Å². The van der Waals surface area contributed by atoms with Crippen molar-refractivity contribution < 1.29 is 14.0 Å². The van der Waals surface area contributed by atoms with Crippen LogP contribution in [0.15, 0.2) is 35.0 Å². The third-order valence-corrected chi connectivity index (χ3v) is 5.34. The first kappa shape index (κ1) is 18.8. The standard InChI is InChI=1S/C18H19ClFN3O2S/c19-14-9-13(3-4-15(14)20)22-18(25)17(24)21-10-16(12-5-8-26-11-12)23-6-1-2-7-23/h3-5,8-9,11,16H,1-2,6-7,10H2,(H,21,24)(H,22,25)/t16-/m1/s1. The predicted octanol–water partition coefficient (Wildman–Crippen LogP) is 3.43. The number of likely N-dealkylation sites (tertiary alicyclic amines) is 1. The first-order chi connectivity index (χ1) is 12.5. The van der Waals surface area contributed by atoms with Crippen LogP contribution in [-0.2, 0) is 9.59 Å². The van der Waals surface area contributed by atoms with Gasteiger partial charge in [0.15, 0.2) is 0 Å². The molecule has 1 aliphatic heterocycles. The Bertz CT molecular complexity index is 779. The number of benzene rings is 1. The number of carbonyl (C=O) groups is 2. The minimum Gasteiger partial charge on any atom is -0.346 e. The Morgan fingerprint density at radius 1 is 1.23 bits per heavy atom. The average Bonchev–Trinajstić information content (AvgIpc) is 3.32. The van der Waals surface area contributed by atoms with Gasteiger partial charge in [-0.25, -0.2) is 4.39 Å². The Kier molecular flexibility index (Phi) is 6.24.